The molecule has 23 heavy (non-hydrogen) atoms. The van der Waals surface area contributed by atoms with Gasteiger partial charge in [-0.15, -0.1) is 11.3 Å². The van der Waals surface area contributed by atoms with Gasteiger partial charge in [-0.05, 0) is 37.1 Å². The number of rotatable bonds is 5. The predicted octanol–water partition coefficient (Wildman–Crippen LogP) is 3.37. The van der Waals surface area contributed by atoms with Crippen molar-refractivity contribution in [1.82, 2.24) is 20.6 Å². The summed E-state index contributed by atoms with van der Waals surface area (Å²) in [6.45, 7) is 2.36. The first-order valence-electron chi connectivity index (χ1n) is 7.33. The van der Waals surface area contributed by atoms with Crippen LogP contribution in [-0.2, 0) is 6.42 Å². The van der Waals surface area contributed by atoms with Crippen LogP contribution in [0, 0.1) is 5.82 Å². The monoisotopic (exact) mass is 332 g/mol. The molecule has 2 heterocycles. The van der Waals surface area contributed by atoms with Gasteiger partial charge in [0.05, 0.1) is 6.04 Å². The summed E-state index contributed by atoms with van der Waals surface area (Å²) < 4.78 is 13.3. The van der Waals surface area contributed by atoms with Gasteiger partial charge in [0.2, 0.25) is 0 Å². The summed E-state index contributed by atoms with van der Waals surface area (Å²) in [4.78, 5) is 19.2. The fraction of sp³-hybridized carbons (Fsp3) is 0.250. The van der Waals surface area contributed by atoms with Crippen LogP contribution >= 0.6 is 11.3 Å². The van der Waals surface area contributed by atoms with Gasteiger partial charge in [0.1, 0.15) is 10.8 Å². The molecule has 7 heteroatoms. The number of aromatic amines is 1. The molecule has 0 bridgehead atoms. The second kappa shape index (κ2) is 6.78. The molecule has 1 aromatic carbocycles. The second-order valence-electron chi connectivity index (χ2n) is 5.25. The maximum Gasteiger partial charge on any atom is 0.315 e. The summed E-state index contributed by atoms with van der Waals surface area (Å²) >= 11 is 1.50. The zero-order valence-corrected chi connectivity index (χ0v) is 13.4. The van der Waals surface area contributed by atoms with Crippen LogP contribution in [0.3, 0.4) is 0 Å². The Morgan fingerprint density at radius 3 is 3.13 bits per heavy atom. The van der Waals surface area contributed by atoms with Crippen molar-refractivity contribution in [3.63, 3.8) is 0 Å². The number of hydrogen-bond acceptors (Lipinski definition) is 3. The quantitative estimate of drug-likeness (QED) is 0.670. The highest BCUT2D eigenvalue weighted by Gasteiger charge is 2.11. The first-order chi connectivity index (χ1) is 11.1. The number of carbonyl (C=O) groups is 1. The molecule has 3 aromatic rings. The minimum absolute atomic E-state index is 0.128. The Hall–Kier alpha value is -2.41. The molecule has 120 valence electrons. The van der Waals surface area contributed by atoms with Gasteiger partial charge in [-0.3, -0.25) is 0 Å². The highest BCUT2D eigenvalue weighted by molar-refractivity contribution is 7.09. The van der Waals surface area contributed by atoms with E-state index in [-0.39, 0.29) is 17.9 Å². The lowest BCUT2D eigenvalue weighted by Crippen LogP contribution is -2.38. The van der Waals surface area contributed by atoms with Gasteiger partial charge in [0.25, 0.3) is 0 Å². The fourth-order valence-electron chi connectivity index (χ4n) is 2.43. The lowest BCUT2D eigenvalue weighted by atomic mass is 10.1. The van der Waals surface area contributed by atoms with E-state index in [4.69, 9.17) is 0 Å². The molecule has 0 radical (unpaired) electrons. The number of H-pyrrole nitrogens is 1. The van der Waals surface area contributed by atoms with E-state index in [0.717, 1.165) is 21.5 Å². The normalized spacial score (nSPS) is 12.3. The molecule has 3 N–H and O–H groups in total. The van der Waals surface area contributed by atoms with Crippen LogP contribution in [0.2, 0.25) is 0 Å². The maximum absolute atomic E-state index is 13.3. The van der Waals surface area contributed by atoms with E-state index in [1.54, 1.807) is 12.3 Å². The average molecular weight is 332 g/mol. The molecule has 0 spiro atoms. The van der Waals surface area contributed by atoms with Crippen LogP contribution in [-0.4, -0.2) is 22.5 Å². The molecule has 5 nitrogen and oxygen atoms in total. The topological polar surface area (TPSA) is 69.8 Å². The van der Waals surface area contributed by atoms with Crippen molar-refractivity contribution >= 4 is 28.3 Å². The van der Waals surface area contributed by atoms with Gasteiger partial charge in [-0.1, -0.05) is 0 Å². The van der Waals surface area contributed by atoms with Gasteiger partial charge >= 0.3 is 6.03 Å². The van der Waals surface area contributed by atoms with E-state index in [9.17, 15) is 9.18 Å². The van der Waals surface area contributed by atoms with E-state index in [1.807, 2.05) is 18.5 Å². The molecule has 0 saturated carbocycles. The standard InChI is InChI=1S/C16H17FN4OS/c1-10(15-18-6-7-23-15)21-16(22)19-5-4-11-9-20-14-3-2-12(17)8-13(11)14/h2-3,6-10,20H,4-5H2,1H3,(H2,19,21,22)/t10-/m1/s1. The Morgan fingerprint density at radius 1 is 1.48 bits per heavy atom. The Balaban J connectivity index is 1.52. The zero-order valence-electron chi connectivity index (χ0n) is 12.6. The summed E-state index contributed by atoms with van der Waals surface area (Å²) in [6, 6.07) is 4.28. The SMILES string of the molecule is C[C@@H](NC(=O)NCCc1c[nH]c2ccc(F)cc12)c1nccs1. The molecule has 1 atom stereocenters. The molecular formula is C16H17FN4OS. The Labute approximate surface area is 136 Å². The van der Waals surface area contributed by atoms with Crippen molar-refractivity contribution < 1.29 is 9.18 Å². The summed E-state index contributed by atoms with van der Waals surface area (Å²) in [5.41, 5.74) is 1.87. The van der Waals surface area contributed by atoms with Gasteiger partial charge in [0.15, 0.2) is 0 Å². The Bertz CT molecular complexity index is 800. The molecule has 0 fully saturated rings. The molecular weight excluding hydrogens is 315 g/mol. The van der Waals surface area contributed by atoms with E-state index >= 15 is 0 Å². The number of aromatic nitrogens is 2. The molecule has 3 rings (SSSR count). The fourth-order valence-corrected chi connectivity index (χ4v) is 3.07. The summed E-state index contributed by atoms with van der Waals surface area (Å²) in [5, 5.41) is 9.25. The largest absolute Gasteiger partial charge is 0.361 e. The molecule has 0 unspecified atom stereocenters. The minimum Gasteiger partial charge on any atom is -0.361 e. The number of amides is 2. The van der Waals surface area contributed by atoms with Crippen LogP contribution in [0.4, 0.5) is 9.18 Å². The number of hydrogen-bond donors (Lipinski definition) is 3. The number of benzene rings is 1. The van der Waals surface area contributed by atoms with Crippen molar-refractivity contribution in [2.75, 3.05) is 6.54 Å². The van der Waals surface area contributed by atoms with Crippen LogP contribution in [0.1, 0.15) is 23.5 Å². The number of urea groups is 1. The summed E-state index contributed by atoms with van der Waals surface area (Å²) in [7, 11) is 0. The van der Waals surface area contributed by atoms with Crippen molar-refractivity contribution in [3.8, 4) is 0 Å². The van der Waals surface area contributed by atoms with E-state index in [0.29, 0.717) is 13.0 Å². The van der Waals surface area contributed by atoms with Crippen molar-refractivity contribution in [2.24, 2.45) is 0 Å². The number of thiazole rings is 1. The molecule has 2 amide bonds. The van der Waals surface area contributed by atoms with Crippen LogP contribution in [0.25, 0.3) is 10.9 Å². The first-order valence-corrected chi connectivity index (χ1v) is 8.20. The van der Waals surface area contributed by atoms with Crippen molar-refractivity contribution in [3.05, 3.63) is 52.4 Å². The first kappa shape index (κ1) is 15.5. The third-order valence-corrected chi connectivity index (χ3v) is 4.54. The van der Waals surface area contributed by atoms with Gasteiger partial charge in [0, 0.05) is 35.2 Å². The van der Waals surface area contributed by atoms with Gasteiger partial charge < -0.3 is 15.6 Å². The van der Waals surface area contributed by atoms with Crippen LogP contribution in [0.5, 0.6) is 0 Å². The molecule has 0 aliphatic carbocycles. The van der Waals surface area contributed by atoms with E-state index in [1.165, 1.54) is 23.5 Å². The molecule has 0 aliphatic heterocycles. The summed E-state index contributed by atoms with van der Waals surface area (Å²) in [6.07, 6.45) is 4.19. The average Bonchev–Trinajstić information content (AvgIpc) is 3.17. The van der Waals surface area contributed by atoms with E-state index < -0.39 is 0 Å². The number of halogens is 1. The lowest BCUT2D eigenvalue weighted by molar-refractivity contribution is 0.238. The third kappa shape index (κ3) is 3.68. The molecule has 2 aromatic heterocycles. The predicted molar refractivity (Wildman–Crippen MR) is 89.0 cm³/mol. The maximum atomic E-state index is 13.3. The zero-order chi connectivity index (χ0) is 16.2. The minimum atomic E-state index is -0.263. The third-order valence-electron chi connectivity index (χ3n) is 3.58. The smallest absolute Gasteiger partial charge is 0.315 e. The Morgan fingerprint density at radius 2 is 2.35 bits per heavy atom. The number of nitrogens with one attached hydrogen (secondary N) is 3. The number of nitrogens with zero attached hydrogens (tertiary/aromatic N) is 1. The molecule has 0 aliphatic rings. The lowest BCUT2D eigenvalue weighted by Gasteiger charge is -2.12. The van der Waals surface area contributed by atoms with Crippen molar-refractivity contribution in [2.45, 2.75) is 19.4 Å². The Kier molecular flexibility index (Phi) is 4.57. The van der Waals surface area contributed by atoms with Crippen LogP contribution in [0.15, 0.2) is 36.0 Å². The number of fused-ring (bicyclic) bond motifs is 1. The van der Waals surface area contributed by atoms with Crippen molar-refractivity contribution in [1.29, 1.82) is 0 Å². The summed E-state index contributed by atoms with van der Waals surface area (Å²) in [5.74, 6) is -0.263. The van der Waals surface area contributed by atoms with Gasteiger partial charge in [-0.2, -0.15) is 0 Å². The van der Waals surface area contributed by atoms with Gasteiger partial charge in [-0.25, -0.2) is 14.2 Å². The van der Waals surface area contributed by atoms with Crippen LogP contribution < -0.4 is 10.6 Å². The highest BCUT2D eigenvalue weighted by Crippen LogP contribution is 2.19. The highest BCUT2D eigenvalue weighted by atomic mass is 32.1. The number of carbonyl (C=O) groups excluding carboxylic acids is 1. The second-order valence-corrected chi connectivity index (χ2v) is 6.17. The molecule has 0 saturated heterocycles. The van der Waals surface area contributed by atoms with E-state index in [2.05, 4.69) is 20.6 Å².